The highest BCUT2D eigenvalue weighted by atomic mass is 16.4. The Morgan fingerprint density at radius 3 is 2.64 bits per heavy atom. The molecule has 2 amide bonds. The fourth-order valence-electron chi connectivity index (χ4n) is 1.93. The summed E-state index contributed by atoms with van der Waals surface area (Å²) in [4.78, 5) is 39.9. The van der Waals surface area contributed by atoms with Crippen molar-refractivity contribution in [2.24, 2.45) is 12.8 Å². The average molecular weight is 353 g/mol. The Hall–Kier alpha value is -3.11. The molecule has 0 saturated heterocycles. The number of hydrogen-bond donors (Lipinski definition) is 5. The molecule has 0 fully saturated rings. The highest BCUT2D eigenvalue weighted by Gasteiger charge is 2.21. The van der Waals surface area contributed by atoms with Gasteiger partial charge in [-0.25, -0.2) is 9.78 Å². The lowest BCUT2D eigenvalue weighted by molar-refractivity contribution is -0.141. The van der Waals surface area contributed by atoms with E-state index in [4.69, 9.17) is 11.1 Å². The standard InChI is InChI=1S/C14H23N7O4/c1-20(14(15)16)7-12(23)18-4-3-11(22)19-10(13(24)25)5-9-6-17-8-21(9)2/h6,8,10H,3-5,7H2,1-2H3,(H3,15,16)(H,18,23)(H,19,22)(H,24,25)/t10-/m0/s1. The van der Waals surface area contributed by atoms with Gasteiger partial charge < -0.3 is 30.9 Å². The Kier molecular flexibility index (Phi) is 7.38. The maximum Gasteiger partial charge on any atom is 0.326 e. The fraction of sp³-hybridized carbons (Fsp3) is 0.500. The molecule has 0 unspecified atom stereocenters. The van der Waals surface area contributed by atoms with Crippen molar-refractivity contribution in [1.29, 1.82) is 5.41 Å². The Bertz CT molecular complexity index is 643. The summed E-state index contributed by atoms with van der Waals surface area (Å²) in [5.41, 5.74) is 5.89. The van der Waals surface area contributed by atoms with Gasteiger partial charge in [-0.2, -0.15) is 0 Å². The minimum Gasteiger partial charge on any atom is -0.480 e. The third kappa shape index (κ3) is 6.89. The number of carbonyl (C=O) groups is 3. The minimum absolute atomic E-state index is 0.0501. The normalized spacial score (nSPS) is 11.4. The Labute approximate surface area is 144 Å². The molecule has 138 valence electrons. The van der Waals surface area contributed by atoms with Gasteiger partial charge in [0.15, 0.2) is 5.96 Å². The van der Waals surface area contributed by atoms with Crippen molar-refractivity contribution in [3.05, 3.63) is 18.2 Å². The van der Waals surface area contributed by atoms with E-state index in [-0.39, 0.29) is 31.9 Å². The van der Waals surface area contributed by atoms with Gasteiger partial charge in [-0.05, 0) is 0 Å². The minimum atomic E-state index is -1.15. The summed E-state index contributed by atoms with van der Waals surface area (Å²) in [6, 6.07) is -1.08. The van der Waals surface area contributed by atoms with Crippen LogP contribution < -0.4 is 16.4 Å². The molecule has 11 heteroatoms. The molecule has 1 atom stereocenters. The van der Waals surface area contributed by atoms with Gasteiger partial charge in [-0.15, -0.1) is 0 Å². The van der Waals surface area contributed by atoms with Gasteiger partial charge in [0.1, 0.15) is 6.04 Å². The van der Waals surface area contributed by atoms with Gasteiger partial charge in [-0.1, -0.05) is 0 Å². The number of carboxylic acid groups (broad SMARTS) is 1. The summed E-state index contributed by atoms with van der Waals surface area (Å²) in [6.07, 6.45) is 3.12. The quantitative estimate of drug-likeness (QED) is 0.249. The SMILES string of the molecule is CN(CC(=O)NCCC(=O)N[C@@H](Cc1cncn1C)C(=O)O)C(=N)N. The van der Waals surface area contributed by atoms with E-state index in [1.54, 1.807) is 17.9 Å². The van der Waals surface area contributed by atoms with Crippen LogP contribution in [0.3, 0.4) is 0 Å². The van der Waals surface area contributed by atoms with Crippen molar-refractivity contribution in [1.82, 2.24) is 25.1 Å². The molecule has 1 heterocycles. The zero-order chi connectivity index (χ0) is 19.0. The Morgan fingerprint density at radius 2 is 2.12 bits per heavy atom. The number of nitrogens with two attached hydrogens (primary N) is 1. The van der Waals surface area contributed by atoms with Gasteiger partial charge in [0.25, 0.3) is 0 Å². The molecule has 0 radical (unpaired) electrons. The molecule has 1 rings (SSSR count). The van der Waals surface area contributed by atoms with Gasteiger partial charge in [0, 0.05) is 45.4 Å². The molecule has 0 spiro atoms. The number of hydrogen-bond acceptors (Lipinski definition) is 5. The first-order valence-electron chi connectivity index (χ1n) is 7.50. The van der Waals surface area contributed by atoms with Crippen LogP contribution in [-0.4, -0.2) is 69.5 Å². The van der Waals surface area contributed by atoms with Crippen molar-refractivity contribution in [3.63, 3.8) is 0 Å². The molecule has 0 aliphatic carbocycles. The van der Waals surface area contributed by atoms with Gasteiger partial charge >= 0.3 is 5.97 Å². The van der Waals surface area contributed by atoms with Crippen molar-refractivity contribution >= 4 is 23.7 Å². The number of aliphatic carboxylic acids is 1. The van der Waals surface area contributed by atoms with E-state index in [1.807, 2.05) is 0 Å². The van der Waals surface area contributed by atoms with Crippen LogP contribution in [0.15, 0.2) is 12.5 Å². The van der Waals surface area contributed by atoms with E-state index in [1.165, 1.54) is 18.1 Å². The van der Waals surface area contributed by atoms with Gasteiger partial charge in [-0.3, -0.25) is 15.0 Å². The first-order valence-corrected chi connectivity index (χ1v) is 7.50. The zero-order valence-electron chi connectivity index (χ0n) is 14.2. The first kappa shape index (κ1) is 19.9. The van der Waals surface area contributed by atoms with Crippen LogP contribution in [-0.2, 0) is 27.9 Å². The molecule has 0 saturated carbocycles. The fourth-order valence-corrected chi connectivity index (χ4v) is 1.93. The third-order valence-electron chi connectivity index (χ3n) is 3.43. The van der Waals surface area contributed by atoms with Crippen LogP contribution >= 0.6 is 0 Å². The largest absolute Gasteiger partial charge is 0.480 e. The molecule has 0 aliphatic heterocycles. The lowest BCUT2D eigenvalue weighted by Gasteiger charge is -2.16. The molecular formula is C14H23N7O4. The number of nitrogens with one attached hydrogen (secondary N) is 3. The molecule has 0 aliphatic rings. The summed E-state index contributed by atoms with van der Waals surface area (Å²) >= 11 is 0. The molecule has 1 aromatic heterocycles. The van der Waals surface area contributed by atoms with Crippen molar-refractivity contribution < 1.29 is 19.5 Å². The van der Waals surface area contributed by atoms with Crippen molar-refractivity contribution in [2.75, 3.05) is 20.1 Å². The molecule has 11 nitrogen and oxygen atoms in total. The molecular weight excluding hydrogens is 330 g/mol. The highest BCUT2D eigenvalue weighted by molar-refractivity contribution is 5.85. The number of imidazole rings is 1. The number of rotatable bonds is 9. The van der Waals surface area contributed by atoms with E-state index in [2.05, 4.69) is 15.6 Å². The number of carboxylic acids is 1. The summed E-state index contributed by atoms with van der Waals surface area (Å²) < 4.78 is 1.67. The topological polar surface area (TPSA) is 166 Å². The van der Waals surface area contributed by atoms with Crippen LogP contribution in [0.25, 0.3) is 0 Å². The van der Waals surface area contributed by atoms with Gasteiger partial charge in [0.05, 0.1) is 12.9 Å². The summed E-state index contributed by atoms with van der Waals surface area (Å²) in [5.74, 6) is -2.28. The van der Waals surface area contributed by atoms with Crippen LogP contribution in [0, 0.1) is 5.41 Å². The molecule has 0 bridgehead atoms. The van der Waals surface area contributed by atoms with E-state index in [0.717, 1.165) is 0 Å². The number of guanidine groups is 1. The van der Waals surface area contributed by atoms with Crippen LogP contribution in [0.4, 0.5) is 0 Å². The van der Waals surface area contributed by atoms with E-state index in [0.29, 0.717) is 5.69 Å². The summed E-state index contributed by atoms with van der Waals surface area (Å²) in [6.45, 7) is -0.0519. The van der Waals surface area contributed by atoms with E-state index >= 15 is 0 Å². The Morgan fingerprint density at radius 1 is 1.44 bits per heavy atom. The van der Waals surface area contributed by atoms with Crippen LogP contribution in [0.1, 0.15) is 12.1 Å². The summed E-state index contributed by atoms with van der Waals surface area (Å²) in [5, 5.41) is 21.3. The maximum absolute atomic E-state index is 11.9. The summed E-state index contributed by atoms with van der Waals surface area (Å²) in [7, 11) is 3.22. The second-order valence-electron chi connectivity index (χ2n) is 5.50. The second-order valence-corrected chi connectivity index (χ2v) is 5.50. The molecule has 1 aromatic rings. The van der Waals surface area contributed by atoms with Crippen LogP contribution in [0.5, 0.6) is 0 Å². The maximum atomic E-state index is 11.9. The van der Waals surface area contributed by atoms with E-state index in [9.17, 15) is 19.5 Å². The number of carbonyl (C=O) groups excluding carboxylic acids is 2. The number of aromatic nitrogens is 2. The number of likely N-dealkylation sites (N-methyl/N-ethyl adjacent to an activating group) is 1. The molecule has 6 N–H and O–H groups in total. The number of amides is 2. The molecule has 25 heavy (non-hydrogen) atoms. The van der Waals surface area contributed by atoms with Gasteiger partial charge in [0.2, 0.25) is 11.8 Å². The first-order chi connectivity index (χ1) is 11.7. The molecule has 0 aromatic carbocycles. The average Bonchev–Trinajstić information content (AvgIpc) is 2.91. The van der Waals surface area contributed by atoms with Crippen molar-refractivity contribution in [2.45, 2.75) is 18.9 Å². The van der Waals surface area contributed by atoms with Crippen LogP contribution in [0.2, 0.25) is 0 Å². The third-order valence-corrected chi connectivity index (χ3v) is 3.43. The Balaban J connectivity index is 2.40. The lowest BCUT2D eigenvalue weighted by atomic mass is 10.1. The monoisotopic (exact) mass is 353 g/mol. The zero-order valence-corrected chi connectivity index (χ0v) is 14.2. The highest BCUT2D eigenvalue weighted by Crippen LogP contribution is 2.02. The van der Waals surface area contributed by atoms with Crippen molar-refractivity contribution in [3.8, 4) is 0 Å². The number of aryl methyl sites for hydroxylation is 1. The predicted octanol–water partition coefficient (Wildman–Crippen LogP) is -2.14. The number of nitrogens with zero attached hydrogens (tertiary/aromatic N) is 3. The smallest absolute Gasteiger partial charge is 0.326 e. The lowest BCUT2D eigenvalue weighted by Crippen LogP contribution is -2.44. The predicted molar refractivity (Wildman–Crippen MR) is 88.6 cm³/mol. The second kappa shape index (κ2) is 9.25. The van der Waals surface area contributed by atoms with E-state index < -0.39 is 23.8 Å².